The quantitative estimate of drug-likeness (QED) is 0.388. The Morgan fingerprint density at radius 1 is 0.941 bits per heavy atom. The molecule has 0 unspecified atom stereocenters. The van der Waals surface area contributed by atoms with Crippen LogP contribution < -0.4 is 11.1 Å². The van der Waals surface area contributed by atoms with Gasteiger partial charge < -0.3 is 11.1 Å². The first-order chi connectivity index (χ1) is 16.1. The minimum atomic E-state index is -4.66. The average molecular weight is 485 g/mol. The standard InChI is InChI=1S/C24H16ClF3N4O2/c25-17-6-2-4-8-19(17)32-20(13-21(31-32)24(26,27)28)14-9-11-15(12-10-14)23(34)30-18-7-3-1-5-16(18)22(29)33/h1-13H,(H2,29,33)(H,30,34). The van der Waals surface area contributed by atoms with Crippen molar-refractivity contribution in [3.8, 4) is 16.9 Å². The van der Waals surface area contributed by atoms with Crippen molar-refractivity contribution >= 4 is 29.1 Å². The number of rotatable bonds is 5. The van der Waals surface area contributed by atoms with E-state index in [0.29, 0.717) is 5.56 Å². The maximum Gasteiger partial charge on any atom is 0.435 e. The average Bonchev–Trinajstić information content (AvgIpc) is 3.25. The Bertz CT molecular complexity index is 1380. The molecule has 1 heterocycles. The number of primary amides is 1. The lowest BCUT2D eigenvalue weighted by atomic mass is 10.1. The number of hydrogen-bond acceptors (Lipinski definition) is 3. The summed E-state index contributed by atoms with van der Waals surface area (Å²) in [5.74, 6) is -1.21. The lowest BCUT2D eigenvalue weighted by Crippen LogP contribution is -2.18. The van der Waals surface area contributed by atoms with Gasteiger partial charge in [0.2, 0.25) is 0 Å². The van der Waals surface area contributed by atoms with Crippen molar-refractivity contribution in [1.82, 2.24) is 9.78 Å². The van der Waals surface area contributed by atoms with E-state index in [9.17, 15) is 22.8 Å². The highest BCUT2D eigenvalue weighted by molar-refractivity contribution is 6.32. The van der Waals surface area contributed by atoms with Crippen LogP contribution in [0.3, 0.4) is 0 Å². The number of halogens is 4. The second kappa shape index (κ2) is 9.03. The summed E-state index contributed by atoms with van der Waals surface area (Å²) in [6.07, 6.45) is -4.66. The maximum absolute atomic E-state index is 13.4. The van der Waals surface area contributed by atoms with Crippen LogP contribution in [0.5, 0.6) is 0 Å². The largest absolute Gasteiger partial charge is 0.435 e. The van der Waals surface area contributed by atoms with Gasteiger partial charge in [-0.1, -0.05) is 48.0 Å². The molecule has 34 heavy (non-hydrogen) atoms. The van der Waals surface area contributed by atoms with Crippen LogP contribution in [0, 0.1) is 0 Å². The number of carbonyl (C=O) groups is 2. The normalized spacial score (nSPS) is 11.3. The molecular formula is C24H16ClF3N4O2. The highest BCUT2D eigenvalue weighted by atomic mass is 35.5. The lowest BCUT2D eigenvalue weighted by Gasteiger charge is -2.11. The summed E-state index contributed by atoms with van der Waals surface area (Å²) in [4.78, 5) is 24.2. The number of anilines is 1. The third-order valence-corrected chi connectivity index (χ3v) is 5.28. The van der Waals surface area contributed by atoms with Crippen molar-refractivity contribution in [2.75, 3.05) is 5.32 Å². The molecule has 0 bridgehead atoms. The second-order valence-electron chi connectivity index (χ2n) is 7.22. The van der Waals surface area contributed by atoms with Crippen LogP contribution in [-0.4, -0.2) is 21.6 Å². The van der Waals surface area contributed by atoms with Gasteiger partial charge in [0.25, 0.3) is 11.8 Å². The van der Waals surface area contributed by atoms with Gasteiger partial charge in [0.05, 0.1) is 27.7 Å². The lowest BCUT2D eigenvalue weighted by molar-refractivity contribution is -0.141. The SMILES string of the molecule is NC(=O)c1ccccc1NC(=O)c1ccc(-c2cc(C(F)(F)F)nn2-c2ccccc2Cl)cc1. The molecule has 4 rings (SSSR count). The fourth-order valence-corrected chi connectivity index (χ4v) is 3.54. The first-order valence-corrected chi connectivity index (χ1v) is 10.3. The Kier molecular flexibility index (Phi) is 6.12. The second-order valence-corrected chi connectivity index (χ2v) is 7.62. The van der Waals surface area contributed by atoms with Crippen LogP contribution in [0.1, 0.15) is 26.4 Å². The first kappa shape index (κ1) is 23.1. The molecule has 0 spiro atoms. The third kappa shape index (κ3) is 4.65. The molecule has 0 saturated heterocycles. The summed E-state index contributed by atoms with van der Waals surface area (Å²) in [6, 6.07) is 19.5. The van der Waals surface area contributed by atoms with Gasteiger partial charge in [-0.05, 0) is 42.5 Å². The van der Waals surface area contributed by atoms with Crippen LogP contribution in [0.4, 0.5) is 18.9 Å². The van der Waals surface area contributed by atoms with Crippen LogP contribution >= 0.6 is 11.6 Å². The predicted octanol–water partition coefficient (Wildman–Crippen LogP) is 5.56. The molecule has 0 atom stereocenters. The highest BCUT2D eigenvalue weighted by Crippen LogP contribution is 2.34. The van der Waals surface area contributed by atoms with Crippen molar-refractivity contribution in [2.45, 2.75) is 6.18 Å². The minimum absolute atomic E-state index is 0.145. The number of alkyl halides is 3. The number of hydrogen-bond donors (Lipinski definition) is 2. The molecule has 1 aromatic heterocycles. The van der Waals surface area contributed by atoms with Crippen molar-refractivity contribution in [2.24, 2.45) is 5.73 Å². The number of aromatic nitrogens is 2. The Morgan fingerprint density at radius 3 is 2.24 bits per heavy atom. The molecule has 10 heteroatoms. The van der Waals surface area contributed by atoms with Crippen LogP contribution in [-0.2, 0) is 6.18 Å². The Balaban J connectivity index is 1.68. The summed E-state index contributed by atoms with van der Waals surface area (Å²) in [5.41, 5.74) is 5.68. The van der Waals surface area contributed by atoms with E-state index in [-0.39, 0.29) is 33.2 Å². The predicted molar refractivity (Wildman–Crippen MR) is 122 cm³/mol. The number of amides is 2. The summed E-state index contributed by atoms with van der Waals surface area (Å²) in [7, 11) is 0. The molecule has 0 fully saturated rings. The van der Waals surface area contributed by atoms with Crippen molar-refractivity contribution in [1.29, 1.82) is 0 Å². The van der Waals surface area contributed by atoms with Gasteiger partial charge in [-0.2, -0.15) is 18.3 Å². The molecule has 0 aliphatic rings. The summed E-state index contributed by atoms with van der Waals surface area (Å²) < 4.78 is 41.3. The van der Waals surface area contributed by atoms with E-state index >= 15 is 0 Å². The minimum Gasteiger partial charge on any atom is -0.366 e. The molecule has 0 aliphatic heterocycles. The Hall–Kier alpha value is -4.11. The van der Waals surface area contributed by atoms with Crippen molar-refractivity contribution < 1.29 is 22.8 Å². The molecule has 4 aromatic rings. The number of nitrogens with zero attached hydrogens (tertiary/aromatic N) is 2. The summed E-state index contributed by atoms with van der Waals surface area (Å²) >= 11 is 6.19. The van der Waals surface area contributed by atoms with Gasteiger partial charge in [-0.25, -0.2) is 4.68 Å². The monoisotopic (exact) mass is 484 g/mol. The number of nitrogens with one attached hydrogen (secondary N) is 1. The van der Waals surface area contributed by atoms with Crippen molar-refractivity contribution in [3.63, 3.8) is 0 Å². The van der Waals surface area contributed by atoms with Gasteiger partial charge in [0.15, 0.2) is 5.69 Å². The molecule has 3 aromatic carbocycles. The van der Waals surface area contributed by atoms with Gasteiger partial charge >= 0.3 is 6.18 Å². The number of carbonyl (C=O) groups excluding carboxylic acids is 2. The topological polar surface area (TPSA) is 90.0 Å². The zero-order valence-electron chi connectivity index (χ0n) is 17.3. The smallest absolute Gasteiger partial charge is 0.366 e. The number of nitrogens with two attached hydrogens (primary N) is 1. The van der Waals surface area contributed by atoms with Crippen LogP contribution in [0.25, 0.3) is 16.9 Å². The Labute approximate surface area is 196 Å². The van der Waals surface area contributed by atoms with E-state index < -0.39 is 23.7 Å². The molecule has 3 N–H and O–H groups in total. The van der Waals surface area contributed by atoms with E-state index in [0.717, 1.165) is 10.7 Å². The van der Waals surface area contributed by atoms with E-state index in [2.05, 4.69) is 10.4 Å². The number of para-hydroxylation sites is 2. The van der Waals surface area contributed by atoms with E-state index in [1.165, 1.54) is 36.4 Å². The summed E-state index contributed by atoms with van der Waals surface area (Å²) in [6.45, 7) is 0. The van der Waals surface area contributed by atoms with E-state index in [1.54, 1.807) is 36.4 Å². The first-order valence-electron chi connectivity index (χ1n) is 9.88. The molecule has 0 saturated carbocycles. The van der Waals surface area contributed by atoms with Crippen molar-refractivity contribution in [3.05, 3.63) is 101 Å². The zero-order chi connectivity index (χ0) is 24.5. The molecule has 0 radical (unpaired) electrons. The molecular weight excluding hydrogens is 469 g/mol. The summed E-state index contributed by atoms with van der Waals surface area (Å²) in [5, 5.41) is 6.55. The zero-order valence-corrected chi connectivity index (χ0v) is 18.1. The Morgan fingerprint density at radius 2 is 1.59 bits per heavy atom. The van der Waals surface area contributed by atoms with Gasteiger partial charge in [0, 0.05) is 11.1 Å². The fraction of sp³-hybridized carbons (Fsp3) is 0.0417. The highest BCUT2D eigenvalue weighted by Gasteiger charge is 2.35. The molecule has 172 valence electrons. The molecule has 2 amide bonds. The van der Waals surface area contributed by atoms with E-state index in [4.69, 9.17) is 17.3 Å². The van der Waals surface area contributed by atoms with Crippen LogP contribution in [0.2, 0.25) is 5.02 Å². The van der Waals surface area contributed by atoms with Gasteiger partial charge in [-0.15, -0.1) is 0 Å². The fourth-order valence-electron chi connectivity index (χ4n) is 3.33. The van der Waals surface area contributed by atoms with E-state index in [1.807, 2.05) is 0 Å². The molecule has 0 aliphatic carbocycles. The third-order valence-electron chi connectivity index (χ3n) is 4.96. The van der Waals surface area contributed by atoms with Gasteiger partial charge in [0.1, 0.15) is 0 Å². The maximum atomic E-state index is 13.4. The van der Waals surface area contributed by atoms with Gasteiger partial charge in [-0.3, -0.25) is 9.59 Å². The van der Waals surface area contributed by atoms with Crippen LogP contribution in [0.15, 0.2) is 78.9 Å². The molecule has 6 nitrogen and oxygen atoms in total. The number of benzene rings is 3.